The Hall–Kier alpha value is -2.15. The van der Waals surface area contributed by atoms with Gasteiger partial charge in [0.05, 0.1) is 17.4 Å². The van der Waals surface area contributed by atoms with Crippen molar-refractivity contribution in [2.45, 2.75) is 44.6 Å². The molecule has 7 heteroatoms. The Kier molecular flexibility index (Phi) is 3.89. The van der Waals surface area contributed by atoms with Gasteiger partial charge in [-0.05, 0) is 55.9 Å². The molecule has 4 aliphatic carbocycles. The van der Waals surface area contributed by atoms with Crippen molar-refractivity contribution in [1.82, 2.24) is 5.32 Å². The van der Waals surface area contributed by atoms with Crippen LogP contribution in [0.1, 0.15) is 46.5 Å². The van der Waals surface area contributed by atoms with Gasteiger partial charge in [-0.15, -0.1) is 11.3 Å². The molecule has 0 spiro atoms. The van der Waals surface area contributed by atoms with E-state index < -0.39 is 17.8 Å². The molecule has 0 saturated heterocycles. The Morgan fingerprint density at radius 2 is 1.81 bits per heavy atom. The number of thiophene rings is 1. The second-order valence-corrected chi connectivity index (χ2v) is 9.24. The zero-order valence-corrected chi connectivity index (χ0v) is 15.7. The number of carbonyl (C=O) groups excluding carboxylic acids is 2. The number of nitrogens with one attached hydrogen (secondary N) is 2. The molecule has 0 radical (unpaired) electrons. The summed E-state index contributed by atoms with van der Waals surface area (Å²) in [6.07, 6.45) is 9.50. The normalized spacial score (nSPS) is 30.4. The molecule has 2 bridgehead atoms. The molecule has 2 saturated carbocycles. The van der Waals surface area contributed by atoms with Gasteiger partial charge < -0.3 is 15.7 Å². The van der Waals surface area contributed by atoms with Crippen LogP contribution >= 0.6 is 11.3 Å². The molecule has 142 valence electrons. The molecule has 1 aromatic heterocycles. The van der Waals surface area contributed by atoms with E-state index in [4.69, 9.17) is 0 Å². The maximum atomic E-state index is 13.0. The SMILES string of the molecule is O=C(NC1CC1)c1c(NC(=O)[C@@H]2[C@@H](C(=O)O)[C@H]3C=C[C@@H]2C3)sc2c1CCC2. The molecule has 3 N–H and O–H groups in total. The summed E-state index contributed by atoms with van der Waals surface area (Å²) in [6, 6.07) is 0.255. The van der Waals surface area contributed by atoms with Gasteiger partial charge in [-0.3, -0.25) is 14.4 Å². The van der Waals surface area contributed by atoms with Crippen LogP contribution in [-0.2, 0) is 22.4 Å². The lowest BCUT2D eigenvalue weighted by Crippen LogP contribution is -2.36. The number of amides is 2. The van der Waals surface area contributed by atoms with E-state index >= 15 is 0 Å². The Balaban J connectivity index is 1.42. The molecule has 4 aliphatic rings. The van der Waals surface area contributed by atoms with Crippen molar-refractivity contribution in [1.29, 1.82) is 0 Å². The van der Waals surface area contributed by atoms with Gasteiger partial charge in [-0.1, -0.05) is 12.2 Å². The van der Waals surface area contributed by atoms with Crippen LogP contribution in [0.2, 0.25) is 0 Å². The van der Waals surface area contributed by atoms with Crippen LogP contribution in [0, 0.1) is 23.7 Å². The number of carboxylic acids is 1. The summed E-state index contributed by atoms with van der Waals surface area (Å²) in [4.78, 5) is 38.7. The molecule has 0 unspecified atom stereocenters. The van der Waals surface area contributed by atoms with Gasteiger partial charge in [-0.25, -0.2) is 0 Å². The number of carbonyl (C=O) groups is 3. The molecule has 1 heterocycles. The number of rotatable bonds is 5. The van der Waals surface area contributed by atoms with E-state index in [9.17, 15) is 19.5 Å². The van der Waals surface area contributed by atoms with Gasteiger partial charge in [0.1, 0.15) is 5.00 Å². The lowest BCUT2D eigenvalue weighted by atomic mass is 9.82. The summed E-state index contributed by atoms with van der Waals surface area (Å²) in [7, 11) is 0. The van der Waals surface area contributed by atoms with Crippen molar-refractivity contribution in [3.05, 3.63) is 28.2 Å². The van der Waals surface area contributed by atoms with E-state index in [-0.39, 0.29) is 29.7 Å². The fraction of sp³-hybridized carbons (Fsp3) is 0.550. The highest BCUT2D eigenvalue weighted by molar-refractivity contribution is 7.17. The van der Waals surface area contributed by atoms with E-state index in [1.54, 1.807) is 0 Å². The topological polar surface area (TPSA) is 95.5 Å². The van der Waals surface area contributed by atoms with Crippen LogP contribution in [0.5, 0.6) is 0 Å². The molecule has 6 nitrogen and oxygen atoms in total. The molecule has 1 aromatic rings. The maximum absolute atomic E-state index is 13.0. The van der Waals surface area contributed by atoms with Crippen molar-refractivity contribution in [3.63, 3.8) is 0 Å². The van der Waals surface area contributed by atoms with E-state index in [2.05, 4.69) is 10.6 Å². The van der Waals surface area contributed by atoms with Crippen LogP contribution in [0.25, 0.3) is 0 Å². The number of hydrogen-bond acceptors (Lipinski definition) is 4. The second-order valence-electron chi connectivity index (χ2n) is 8.14. The average Bonchev–Trinajstić information content (AvgIpc) is 3.02. The third-order valence-corrected chi connectivity index (χ3v) is 7.55. The van der Waals surface area contributed by atoms with Gasteiger partial charge >= 0.3 is 5.97 Å². The Morgan fingerprint density at radius 3 is 2.52 bits per heavy atom. The minimum absolute atomic E-state index is 0.0216. The number of hydrogen-bond donors (Lipinski definition) is 3. The highest BCUT2D eigenvalue weighted by Crippen LogP contribution is 2.49. The van der Waals surface area contributed by atoms with E-state index in [1.807, 2.05) is 12.2 Å². The predicted molar refractivity (Wildman–Crippen MR) is 101 cm³/mol. The quantitative estimate of drug-likeness (QED) is 0.678. The summed E-state index contributed by atoms with van der Waals surface area (Å²) >= 11 is 1.48. The first-order valence-electron chi connectivity index (χ1n) is 9.70. The van der Waals surface area contributed by atoms with E-state index in [0.29, 0.717) is 10.6 Å². The highest BCUT2D eigenvalue weighted by Gasteiger charge is 2.51. The highest BCUT2D eigenvalue weighted by atomic mass is 32.1. The summed E-state index contributed by atoms with van der Waals surface area (Å²) < 4.78 is 0. The summed E-state index contributed by atoms with van der Waals surface area (Å²) in [5, 5.41) is 16.2. The molecular formula is C20H22N2O4S. The first kappa shape index (κ1) is 17.0. The van der Waals surface area contributed by atoms with Crippen molar-refractivity contribution in [2.24, 2.45) is 23.7 Å². The smallest absolute Gasteiger partial charge is 0.307 e. The number of fused-ring (bicyclic) bond motifs is 3. The van der Waals surface area contributed by atoms with Gasteiger partial charge in [0.25, 0.3) is 5.91 Å². The van der Waals surface area contributed by atoms with E-state index in [1.165, 1.54) is 16.2 Å². The number of anilines is 1. The van der Waals surface area contributed by atoms with Crippen LogP contribution in [0.15, 0.2) is 12.2 Å². The first-order chi connectivity index (χ1) is 13.0. The summed E-state index contributed by atoms with van der Waals surface area (Å²) in [5.41, 5.74) is 1.68. The number of carboxylic acid groups (broad SMARTS) is 1. The molecule has 2 amide bonds. The minimum atomic E-state index is -0.910. The van der Waals surface area contributed by atoms with E-state index in [0.717, 1.165) is 44.1 Å². The van der Waals surface area contributed by atoms with Crippen molar-refractivity contribution in [3.8, 4) is 0 Å². The lowest BCUT2D eigenvalue weighted by Gasteiger charge is -2.23. The van der Waals surface area contributed by atoms with Gasteiger partial charge in [0, 0.05) is 10.9 Å². The zero-order valence-electron chi connectivity index (χ0n) is 14.9. The zero-order chi connectivity index (χ0) is 18.7. The fourth-order valence-electron chi connectivity index (χ4n) is 4.93. The van der Waals surface area contributed by atoms with Crippen molar-refractivity contribution >= 4 is 34.1 Å². The molecular weight excluding hydrogens is 364 g/mol. The van der Waals surface area contributed by atoms with Crippen LogP contribution in [-0.4, -0.2) is 28.9 Å². The number of aliphatic carboxylic acids is 1. The summed E-state index contributed by atoms with van der Waals surface area (Å²) in [5.74, 6) is -2.59. The molecule has 5 rings (SSSR count). The Labute approximate surface area is 161 Å². The lowest BCUT2D eigenvalue weighted by molar-refractivity contribution is -0.146. The molecule has 27 heavy (non-hydrogen) atoms. The third-order valence-electron chi connectivity index (χ3n) is 6.34. The standard InChI is InChI=1S/C20H22N2O4S/c23-17(14-9-4-5-10(8-9)15(14)20(25)26)22-19-16(18(24)21-11-6-7-11)12-2-1-3-13(12)27-19/h4-5,9-11,14-15H,1-3,6-8H2,(H,21,24)(H,22,23)(H,25,26)/t9-,10+,14+,15+/m1/s1. The first-order valence-corrected chi connectivity index (χ1v) is 10.5. The van der Waals surface area contributed by atoms with Gasteiger partial charge in [-0.2, -0.15) is 0 Å². The molecule has 2 fully saturated rings. The summed E-state index contributed by atoms with van der Waals surface area (Å²) in [6.45, 7) is 0. The largest absolute Gasteiger partial charge is 0.481 e. The van der Waals surface area contributed by atoms with Crippen molar-refractivity contribution in [2.75, 3.05) is 5.32 Å². The molecule has 4 atom stereocenters. The Morgan fingerprint density at radius 1 is 1.07 bits per heavy atom. The van der Waals surface area contributed by atoms with Crippen LogP contribution in [0.3, 0.4) is 0 Å². The Bertz CT molecular complexity index is 870. The van der Waals surface area contributed by atoms with Gasteiger partial charge in [0.2, 0.25) is 5.91 Å². The van der Waals surface area contributed by atoms with Crippen molar-refractivity contribution < 1.29 is 19.5 Å². The van der Waals surface area contributed by atoms with Crippen LogP contribution < -0.4 is 10.6 Å². The third kappa shape index (κ3) is 2.79. The fourth-order valence-corrected chi connectivity index (χ4v) is 6.22. The second kappa shape index (κ2) is 6.19. The molecule has 0 aromatic carbocycles. The minimum Gasteiger partial charge on any atom is -0.481 e. The van der Waals surface area contributed by atoms with Gasteiger partial charge in [0.15, 0.2) is 0 Å². The van der Waals surface area contributed by atoms with Crippen LogP contribution in [0.4, 0.5) is 5.00 Å². The number of allylic oxidation sites excluding steroid dienone is 2. The average molecular weight is 386 g/mol. The predicted octanol–water partition coefficient (Wildman–Crippen LogP) is 2.59. The maximum Gasteiger partial charge on any atom is 0.307 e. The monoisotopic (exact) mass is 386 g/mol. The molecule has 0 aliphatic heterocycles. The number of aryl methyl sites for hydroxylation is 1.